The predicted molar refractivity (Wildman–Crippen MR) is 61.5 cm³/mol. The van der Waals surface area contributed by atoms with Crippen LogP contribution in [0.2, 0.25) is 0 Å². The molecule has 0 fully saturated rings. The monoisotopic (exact) mass is 214 g/mol. The van der Waals surface area contributed by atoms with Crippen LogP contribution >= 0.6 is 0 Å². The van der Waals surface area contributed by atoms with Crippen LogP contribution in [0.15, 0.2) is 46.9 Å². The highest BCUT2D eigenvalue weighted by Gasteiger charge is 2.00. The van der Waals surface area contributed by atoms with Crippen molar-refractivity contribution in [3.8, 4) is 0 Å². The fourth-order valence-electron chi connectivity index (χ4n) is 1.10. The number of benzene rings is 1. The zero-order valence-electron chi connectivity index (χ0n) is 8.41. The van der Waals surface area contributed by atoms with Crippen molar-refractivity contribution in [2.45, 2.75) is 0 Å². The number of nitrogens with zero attached hydrogens (tertiary/aromatic N) is 4. The lowest BCUT2D eigenvalue weighted by molar-refractivity contribution is 1.07. The number of nitrogens with two attached hydrogens (primary N) is 2. The standard InChI is InChI=1S/C10H10N6/c11-7-3-1-4-8(9(7)12)15-16-10-13-5-2-6-14-10/h1-6H,11-12H2/b16-15+. The van der Waals surface area contributed by atoms with E-state index in [9.17, 15) is 0 Å². The quantitative estimate of drug-likeness (QED) is 0.589. The number of nitrogen functional groups attached to an aromatic ring is 2. The molecule has 0 saturated carbocycles. The Morgan fingerprint density at radius 1 is 0.938 bits per heavy atom. The average molecular weight is 214 g/mol. The number of azo groups is 1. The Balaban J connectivity index is 2.28. The highest BCUT2D eigenvalue weighted by atomic mass is 15.2. The minimum absolute atomic E-state index is 0.282. The van der Waals surface area contributed by atoms with Gasteiger partial charge in [-0.3, -0.25) is 0 Å². The first-order chi connectivity index (χ1) is 7.77. The molecule has 0 spiro atoms. The molecule has 6 heteroatoms. The Kier molecular flexibility index (Phi) is 2.73. The molecule has 80 valence electrons. The number of anilines is 2. The Labute approximate surface area is 92.1 Å². The Morgan fingerprint density at radius 2 is 1.69 bits per heavy atom. The SMILES string of the molecule is Nc1cccc(/N=N/c2ncccn2)c1N. The second-order valence-corrected chi connectivity index (χ2v) is 3.03. The van der Waals surface area contributed by atoms with Gasteiger partial charge in [0.05, 0.1) is 11.4 Å². The second kappa shape index (κ2) is 4.35. The van der Waals surface area contributed by atoms with E-state index in [1.165, 1.54) is 0 Å². The normalized spacial score (nSPS) is 10.8. The fourth-order valence-corrected chi connectivity index (χ4v) is 1.10. The lowest BCUT2D eigenvalue weighted by Gasteiger charge is -2.01. The van der Waals surface area contributed by atoms with Gasteiger partial charge in [0.2, 0.25) is 0 Å². The summed E-state index contributed by atoms with van der Waals surface area (Å²) in [7, 11) is 0. The van der Waals surface area contributed by atoms with Crippen molar-refractivity contribution in [3.63, 3.8) is 0 Å². The third-order valence-corrected chi connectivity index (χ3v) is 1.92. The Hall–Kier alpha value is -2.50. The summed E-state index contributed by atoms with van der Waals surface area (Å²) in [6.07, 6.45) is 3.17. The Morgan fingerprint density at radius 3 is 2.44 bits per heavy atom. The number of para-hydroxylation sites is 1. The van der Waals surface area contributed by atoms with E-state index >= 15 is 0 Å². The predicted octanol–water partition coefficient (Wildman–Crippen LogP) is 2.06. The van der Waals surface area contributed by atoms with Crippen LogP contribution in [-0.2, 0) is 0 Å². The number of rotatable bonds is 2. The van der Waals surface area contributed by atoms with Crippen LogP contribution in [0.4, 0.5) is 23.0 Å². The molecule has 2 aromatic rings. The van der Waals surface area contributed by atoms with Gasteiger partial charge in [0, 0.05) is 12.4 Å². The van der Waals surface area contributed by atoms with Crippen LogP contribution in [0.25, 0.3) is 0 Å². The van der Waals surface area contributed by atoms with Crippen LogP contribution in [0.1, 0.15) is 0 Å². The molecule has 2 rings (SSSR count). The third kappa shape index (κ3) is 2.11. The van der Waals surface area contributed by atoms with Gasteiger partial charge in [-0.25, -0.2) is 9.97 Å². The zero-order chi connectivity index (χ0) is 11.4. The molecule has 16 heavy (non-hydrogen) atoms. The molecule has 0 aliphatic heterocycles. The van der Waals surface area contributed by atoms with Crippen molar-refractivity contribution in [1.29, 1.82) is 0 Å². The molecule has 1 aromatic carbocycles. The van der Waals surface area contributed by atoms with Gasteiger partial charge in [0.1, 0.15) is 5.69 Å². The molecular weight excluding hydrogens is 204 g/mol. The molecule has 0 saturated heterocycles. The zero-order valence-corrected chi connectivity index (χ0v) is 8.41. The van der Waals surface area contributed by atoms with Gasteiger partial charge in [0.15, 0.2) is 0 Å². The van der Waals surface area contributed by atoms with E-state index in [4.69, 9.17) is 11.5 Å². The van der Waals surface area contributed by atoms with Gasteiger partial charge in [-0.2, -0.15) is 0 Å². The van der Waals surface area contributed by atoms with Gasteiger partial charge >= 0.3 is 0 Å². The third-order valence-electron chi connectivity index (χ3n) is 1.92. The van der Waals surface area contributed by atoms with Crippen LogP contribution in [0.3, 0.4) is 0 Å². The molecule has 0 unspecified atom stereocenters. The van der Waals surface area contributed by atoms with Crippen LogP contribution < -0.4 is 11.5 Å². The van der Waals surface area contributed by atoms with Crippen LogP contribution in [0, 0.1) is 0 Å². The maximum atomic E-state index is 5.73. The molecule has 0 aliphatic rings. The Bertz CT molecular complexity index is 508. The molecular formula is C10H10N6. The highest BCUT2D eigenvalue weighted by molar-refractivity contribution is 5.76. The summed E-state index contributed by atoms with van der Waals surface area (Å²) in [6, 6.07) is 6.88. The summed E-state index contributed by atoms with van der Waals surface area (Å²) < 4.78 is 0. The summed E-state index contributed by atoms with van der Waals surface area (Å²) in [4.78, 5) is 7.80. The molecule has 0 bridgehead atoms. The molecule has 4 N–H and O–H groups in total. The maximum absolute atomic E-state index is 5.73. The largest absolute Gasteiger partial charge is 0.397 e. The van der Waals surface area contributed by atoms with E-state index in [0.29, 0.717) is 17.1 Å². The van der Waals surface area contributed by atoms with Gasteiger partial charge in [0.25, 0.3) is 5.95 Å². The van der Waals surface area contributed by atoms with E-state index in [1.54, 1.807) is 36.7 Å². The van der Waals surface area contributed by atoms with E-state index in [-0.39, 0.29) is 5.95 Å². The second-order valence-electron chi connectivity index (χ2n) is 3.03. The molecule has 0 atom stereocenters. The fraction of sp³-hybridized carbons (Fsp3) is 0. The van der Waals surface area contributed by atoms with Gasteiger partial charge in [-0.05, 0) is 18.2 Å². The van der Waals surface area contributed by atoms with Gasteiger partial charge < -0.3 is 11.5 Å². The van der Waals surface area contributed by atoms with Crippen molar-refractivity contribution in [2.75, 3.05) is 11.5 Å². The number of hydrogen-bond acceptors (Lipinski definition) is 6. The van der Waals surface area contributed by atoms with E-state index in [0.717, 1.165) is 0 Å². The van der Waals surface area contributed by atoms with E-state index in [1.807, 2.05) is 0 Å². The van der Waals surface area contributed by atoms with Gasteiger partial charge in [-0.1, -0.05) is 6.07 Å². The first-order valence-electron chi connectivity index (χ1n) is 4.60. The molecule has 0 aliphatic carbocycles. The van der Waals surface area contributed by atoms with Crippen LogP contribution in [-0.4, -0.2) is 9.97 Å². The van der Waals surface area contributed by atoms with Crippen molar-refractivity contribution < 1.29 is 0 Å². The first kappa shape index (κ1) is 10.0. The van der Waals surface area contributed by atoms with Crippen molar-refractivity contribution in [1.82, 2.24) is 9.97 Å². The topological polar surface area (TPSA) is 103 Å². The smallest absolute Gasteiger partial charge is 0.268 e. The maximum Gasteiger partial charge on any atom is 0.268 e. The van der Waals surface area contributed by atoms with Gasteiger partial charge in [-0.15, -0.1) is 10.2 Å². The van der Waals surface area contributed by atoms with E-state index < -0.39 is 0 Å². The molecule has 6 nitrogen and oxygen atoms in total. The first-order valence-corrected chi connectivity index (χ1v) is 4.60. The highest BCUT2D eigenvalue weighted by Crippen LogP contribution is 2.28. The molecule has 0 radical (unpaired) electrons. The lowest BCUT2D eigenvalue weighted by Crippen LogP contribution is -1.93. The minimum atomic E-state index is 0.282. The summed E-state index contributed by atoms with van der Waals surface area (Å²) in [5.74, 6) is 0.282. The minimum Gasteiger partial charge on any atom is -0.397 e. The van der Waals surface area contributed by atoms with Crippen molar-refractivity contribution >= 4 is 23.0 Å². The number of hydrogen-bond donors (Lipinski definition) is 2. The average Bonchev–Trinajstić information content (AvgIpc) is 2.32. The molecule has 0 amide bonds. The number of aromatic nitrogens is 2. The summed E-state index contributed by atoms with van der Waals surface area (Å²) in [5, 5.41) is 7.78. The van der Waals surface area contributed by atoms with Crippen molar-refractivity contribution in [3.05, 3.63) is 36.7 Å². The lowest BCUT2D eigenvalue weighted by atomic mass is 10.2. The van der Waals surface area contributed by atoms with E-state index in [2.05, 4.69) is 20.2 Å². The summed E-state index contributed by atoms with van der Waals surface area (Å²) >= 11 is 0. The van der Waals surface area contributed by atoms with Crippen molar-refractivity contribution in [2.24, 2.45) is 10.2 Å². The molecule has 1 aromatic heterocycles. The summed E-state index contributed by atoms with van der Waals surface area (Å²) in [5.41, 5.74) is 12.7. The van der Waals surface area contributed by atoms with Crippen LogP contribution in [0.5, 0.6) is 0 Å². The molecule has 1 heterocycles. The summed E-state index contributed by atoms with van der Waals surface area (Å²) in [6.45, 7) is 0.